The largest absolute Gasteiger partial charge is 0.493 e. The van der Waals surface area contributed by atoms with Crippen LogP contribution in [0.2, 0.25) is 0 Å². The predicted molar refractivity (Wildman–Crippen MR) is 147 cm³/mol. The van der Waals surface area contributed by atoms with Crippen LogP contribution in [0.3, 0.4) is 0 Å². The molecule has 1 N–H and O–H groups in total. The second-order valence-electron chi connectivity index (χ2n) is 9.33. The van der Waals surface area contributed by atoms with Gasteiger partial charge in [-0.2, -0.15) is 0 Å². The lowest BCUT2D eigenvalue weighted by molar-refractivity contribution is -0.384. The summed E-state index contributed by atoms with van der Waals surface area (Å²) in [6.45, 7) is 5.56. The fourth-order valence-electron chi connectivity index (χ4n) is 4.56. The fourth-order valence-corrected chi connectivity index (χ4v) is 4.56. The van der Waals surface area contributed by atoms with Crippen LogP contribution in [0.25, 0.3) is 10.9 Å². The van der Waals surface area contributed by atoms with Gasteiger partial charge in [0.2, 0.25) is 5.88 Å². The normalized spacial score (nSPS) is 14.2. The number of aromatic hydroxyl groups is 1. The lowest BCUT2D eigenvalue weighted by atomic mass is 10.2. The summed E-state index contributed by atoms with van der Waals surface area (Å²) in [4.78, 5) is 27.2. The Hall–Kier alpha value is -4.77. The van der Waals surface area contributed by atoms with Gasteiger partial charge in [-0.3, -0.25) is 24.4 Å². The maximum absolute atomic E-state index is 12.3. The number of piperazine rings is 1. The maximum atomic E-state index is 12.3. The van der Waals surface area contributed by atoms with Crippen molar-refractivity contribution in [3.8, 4) is 11.6 Å². The first-order chi connectivity index (χ1) is 18.9. The first-order valence-corrected chi connectivity index (χ1v) is 12.5. The van der Waals surface area contributed by atoms with E-state index in [0.717, 1.165) is 31.7 Å². The summed E-state index contributed by atoms with van der Waals surface area (Å²) >= 11 is 0. The highest BCUT2D eigenvalue weighted by molar-refractivity contribution is 5.95. The molecule has 1 fully saturated rings. The molecule has 0 atom stereocenters. The van der Waals surface area contributed by atoms with E-state index in [1.54, 1.807) is 4.57 Å². The zero-order valence-electron chi connectivity index (χ0n) is 21.4. The van der Waals surface area contributed by atoms with Gasteiger partial charge in [-0.15, -0.1) is 10.2 Å². The highest BCUT2D eigenvalue weighted by Crippen LogP contribution is 2.39. The van der Waals surface area contributed by atoms with Crippen molar-refractivity contribution < 1.29 is 19.6 Å². The number of non-ortho nitro benzene ring substituents is 1. The predicted octanol–water partition coefficient (Wildman–Crippen LogP) is 5.03. The Morgan fingerprint density at radius 3 is 2.38 bits per heavy atom. The second kappa shape index (κ2) is 11.3. The Morgan fingerprint density at radius 1 is 1.00 bits per heavy atom. The van der Waals surface area contributed by atoms with E-state index in [2.05, 4.69) is 51.2 Å². The molecule has 0 aliphatic carbocycles. The summed E-state index contributed by atoms with van der Waals surface area (Å²) in [6.07, 6.45) is 0. The van der Waals surface area contributed by atoms with Gasteiger partial charge < -0.3 is 14.7 Å². The van der Waals surface area contributed by atoms with Crippen LogP contribution in [-0.4, -0.2) is 58.2 Å². The van der Waals surface area contributed by atoms with Crippen LogP contribution in [0.15, 0.2) is 83.0 Å². The van der Waals surface area contributed by atoms with Gasteiger partial charge in [0.25, 0.3) is 5.69 Å². The monoisotopic (exact) mass is 528 g/mol. The third-order valence-electron chi connectivity index (χ3n) is 6.70. The smallest absolute Gasteiger partial charge is 0.302 e. The molecule has 1 amide bonds. The molecule has 200 valence electrons. The van der Waals surface area contributed by atoms with Crippen molar-refractivity contribution in [2.75, 3.05) is 37.7 Å². The number of carbonyl (C=O) groups excluding carboxylic acids is 1. The number of aromatic nitrogens is 1. The Balaban J connectivity index is 1.25. The van der Waals surface area contributed by atoms with E-state index < -0.39 is 17.4 Å². The number of aryl methyl sites for hydroxylation is 1. The zero-order chi connectivity index (χ0) is 27.4. The Labute approximate surface area is 224 Å². The molecule has 1 aliphatic rings. The van der Waals surface area contributed by atoms with Crippen LogP contribution < -0.4 is 9.64 Å². The van der Waals surface area contributed by atoms with Crippen molar-refractivity contribution in [1.82, 2.24) is 9.47 Å². The number of rotatable bonds is 8. The molecule has 11 nitrogen and oxygen atoms in total. The van der Waals surface area contributed by atoms with Crippen LogP contribution in [0, 0.1) is 17.0 Å². The number of nitro benzene ring substituents is 1. The Bertz CT molecular complexity index is 1510. The highest BCUT2D eigenvalue weighted by atomic mass is 16.6. The minimum absolute atomic E-state index is 0.0648. The van der Waals surface area contributed by atoms with Crippen LogP contribution >= 0.6 is 0 Å². The first kappa shape index (κ1) is 25.9. The number of hydrogen-bond donors (Lipinski definition) is 1. The highest BCUT2D eigenvalue weighted by Gasteiger charge is 2.22. The van der Waals surface area contributed by atoms with E-state index in [-0.39, 0.29) is 17.3 Å². The molecule has 1 aliphatic heterocycles. The molecule has 1 aromatic heterocycles. The molecule has 0 radical (unpaired) electrons. The summed E-state index contributed by atoms with van der Waals surface area (Å²) in [6, 6.07) is 21.4. The molecule has 39 heavy (non-hydrogen) atoms. The van der Waals surface area contributed by atoms with E-state index in [1.165, 1.54) is 35.5 Å². The van der Waals surface area contributed by atoms with E-state index >= 15 is 0 Å². The van der Waals surface area contributed by atoms with Crippen LogP contribution in [0.1, 0.15) is 5.56 Å². The molecule has 4 aromatic rings. The fraction of sp³-hybridized carbons (Fsp3) is 0.250. The molecule has 3 aromatic carbocycles. The molecule has 11 heteroatoms. The van der Waals surface area contributed by atoms with Gasteiger partial charge in [-0.05, 0) is 37.3 Å². The standard InChI is InChI=1S/C28H28N6O5/c1-20-6-8-21(9-7-20)32-16-14-31(15-17-32)19-33-25-5-3-2-4-24(25)27(28(33)36)30-29-26(35)18-39-23-12-10-22(11-13-23)34(37)38/h2-13,36H,14-19H2,1H3. The van der Waals surface area contributed by atoms with Gasteiger partial charge >= 0.3 is 5.91 Å². The Kier molecular flexibility index (Phi) is 7.50. The van der Waals surface area contributed by atoms with Crippen molar-refractivity contribution in [2.24, 2.45) is 10.2 Å². The number of ether oxygens (including phenoxy) is 1. The SMILES string of the molecule is Cc1ccc(N2CCN(Cn3c(O)c(N=NC(=O)COc4ccc([N+](=O)[O-])cc4)c4ccccc43)CC2)cc1. The number of nitro groups is 1. The lowest BCUT2D eigenvalue weighted by Gasteiger charge is -2.36. The quantitative estimate of drug-likeness (QED) is 0.193. The van der Waals surface area contributed by atoms with Crippen molar-refractivity contribution in [1.29, 1.82) is 0 Å². The van der Waals surface area contributed by atoms with Crippen molar-refractivity contribution >= 4 is 33.9 Å². The van der Waals surface area contributed by atoms with Gasteiger partial charge in [0.05, 0.1) is 17.1 Å². The van der Waals surface area contributed by atoms with E-state index in [0.29, 0.717) is 17.8 Å². The second-order valence-corrected chi connectivity index (χ2v) is 9.33. The van der Waals surface area contributed by atoms with E-state index in [1.807, 2.05) is 24.3 Å². The molecule has 0 spiro atoms. The average Bonchev–Trinajstić information content (AvgIpc) is 3.22. The number of fused-ring (bicyclic) bond motifs is 1. The summed E-state index contributed by atoms with van der Waals surface area (Å²) in [5, 5.41) is 30.3. The van der Waals surface area contributed by atoms with Crippen LogP contribution in [0.4, 0.5) is 17.1 Å². The van der Waals surface area contributed by atoms with E-state index in [9.17, 15) is 20.0 Å². The number of hydrogen-bond acceptors (Lipinski definition) is 8. The van der Waals surface area contributed by atoms with Crippen LogP contribution in [0.5, 0.6) is 11.6 Å². The summed E-state index contributed by atoms with van der Waals surface area (Å²) in [7, 11) is 0. The number of para-hydroxylation sites is 1. The molecular weight excluding hydrogens is 500 g/mol. The number of anilines is 1. The molecule has 2 heterocycles. The van der Waals surface area contributed by atoms with Gasteiger partial charge in [-0.25, -0.2) is 0 Å². The van der Waals surface area contributed by atoms with E-state index in [4.69, 9.17) is 4.74 Å². The van der Waals surface area contributed by atoms with Gasteiger partial charge in [0.1, 0.15) is 5.75 Å². The number of amides is 1. The van der Waals surface area contributed by atoms with Crippen molar-refractivity contribution in [2.45, 2.75) is 13.6 Å². The lowest BCUT2D eigenvalue weighted by Crippen LogP contribution is -2.46. The minimum Gasteiger partial charge on any atom is -0.493 e. The summed E-state index contributed by atoms with van der Waals surface area (Å²) in [5.41, 5.74) is 3.37. The zero-order valence-corrected chi connectivity index (χ0v) is 21.4. The third-order valence-corrected chi connectivity index (χ3v) is 6.70. The van der Waals surface area contributed by atoms with Gasteiger partial charge in [0.15, 0.2) is 12.3 Å². The summed E-state index contributed by atoms with van der Waals surface area (Å²) in [5.74, 6) is -0.423. The molecular formula is C28H28N6O5. The third kappa shape index (κ3) is 5.88. The number of carbonyl (C=O) groups is 1. The molecule has 0 bridgehead atoms. The average molecular weight is 529 g/mol. The maximum Gasteiger partial charge on any atom is 0.302 e. The minimum atomic E-state index is -0.656. The number of azo groups is 1. The topological polar surface area (TPSA) is 126 Å². The first-order valence-electron chi connectivity index (χ1n) is 12.5. The molecule has 0 unspecified atom stereocenters. The molecule has 5 rings (SSSR count). The Morgan fingerprint density at radius 2 is 1.69 bits per heavy atom. The summed E-state index contributed by atoms with van der Waals surface area (Å²) < 4.78 is 7.14. The van der Waals surface area contributed by atoms with Crippen molar-refractivity contribution in [3.05, 3.63) is 88.5 Å². The van der Waals surface area contributed by atoms with Crippen LogP contribution in [-0.2, 0) is 11.5 Å². The van der Waals surface area contributed by atoms with Crippen molar-refractivity contribution in [3.63, 3.8) is 0 Å². The van der Waals surface area contributed by atoms with Gasteiger partial charge in [-0.1, -0.05) is 35.9 Å². The molecule has 0 saturated carbocycles. The van der Waals surface area contributed by atoms with Gasteiger partial charge in [0, 0.05) is 49.4 Å². The number of benzene rings is 3. The molecule has 1 saturated heterocycles. The number of nitrogens with zero attached hydrogens (tertiary/aromatic N) is 6.